The second-order valence-electron chi connectivity index (χ2n) is 7.25. The average Bonchev–Trinajstić information content (AvgIpc) is 2.82. The Hall–Kier alpha value is -2.87. The molecule has 0 aliphatic carbocycles. The molecule has 0 unspecified atom stereocenters. The summed E-state index contributed by atoms with van der Waals surface area (Å²) < 4.78 is 5.20. The van der Waals surface area contributed by atoms with Crippen LogP contribution in [0.2, 0.25) is 0 Å². The van der Waals surface area contributed by atoms with Crippen molar-refractivity contribution in [1.82, 2.24) is 25.5 Å². The highest BCUT2D eigenvalue weighted by molar-refractivity contribution is 5.79. The van der Waals surface area contributed by atoms with E-state index in [4.69, 9.17) is 4.74 Å². The number of aliphatic imine (C=N–C) groups is 1. The molecule has 0 spiro atoms. The largest absolute Gasteiger partial charge is 0.497 e. The molecule has 1 aromatic heterocycles. The van der Waals surface area contributed by atoms with E-state index in [1.54, 1.807) is 19.5 Å². The van der Waals surface area contributed by atoms with Crippen molar-refractivity contribution in [3.8, 4) is 5.75 Å². The standard InChI is InChI=1S/C22H33N7O/c1-23-21(25-13-9-19-5-7-20(30-2)8-6-19)24-12-4-14-28-15-17-29(18-16-28)22-26-10-3-11-27-22/h3,5-8,10-11H,4,9,12-18H2,1-2H3,(H2,23,24,25). The van der Waals surface area contributed by atoms with Gasteiger partial charge in [0, 0.05) is 58.7 Å². The second kappa shape index (κ2) is 12.0. The third-order valence-electron chi connectivity index (χ3n) is 5.24. The van der Waals surface area contributed by atoms with Crippen molar-refractivity contribution < 1.29 is 4.74 Å². The van der Waals surface area contributed by atoms with E-state index in [2.05, 4.69) is 47.5 Å². The molecular formula is C22H33N7O. The molecule has 0 radical (unpaired) electrons. The maximum atomic E-state index is 5.20. The van der Waals surface area contributed by atoms with Crippen LogP contribution in [-0.4, -0.2) is 80.8 Å². The highest BCUT2D eigenvalue weighted by atomic mass is 16.5. The van der Waals surface area contributed by atoms with E-state index in [0.717, 1.165) is 76.3 Å². The molecule has 1 aromatic carbocycles. The molecule has 0 bridgehead atoms. The van der Waals surface area contributed by atoms with Gasteiger partial charge < -0.3 is 20.3 Å². The zero-order chi connectivity index (χ0) is 21.0. The van der Waals surface area contributed by atoms with Crippen LogP contribution in [0.3, 0.4) is 0 Å². The smallest absolute Gasteiger partial charge is 0.225 e. The third-order valence-corrected chi connectivity index (χ3v) is 5.24. The lowest BCUT2D eigenvalue weighted by Crippen LogP contribution is -2.47. The predicted octanol–water partition coefficient (Wildman–Crippen LogP) is 1.41. The number of methoxy groups -OCH3 is 1. The monoisotopic (exact) mass is 411 g/mol. The van der Waals surface area contributed by atoms with Gasteiger partial charge in [0.2, 0.25) is 5.95 Å². The molecule has 3 rings (SSSR count). The molecule has 8 nitrogen and oxygen atoms in total. The van der Waals surface area contributed by atoms with E-state index in [-0.39, 0.29) is 0 Å². The van der Waals surface area contributed by atoms with Crippen molar-refractivity contribution in [3.63, 3.8) is 0 Å². The van der Waals surface area contributed by atoms with E-state index in [1.165, 1.54) is 5.56 Å². The predicted molar refractivity (Wildman–Crippen MR) is 121 cm³/mol. The van der Waals surface area contributed by atoms with Crippen molar-refractivity contribution in [3.05, 3.63) is 48.3 Å². The molecule has 2 N–H and O–H groups in total. The van der Waals surface area contributed by atoms with Crippen LogP contribution in [0.15, 0.2) is 47.7 Å². The lowest BCUT2D eigenvalue weighted by atomic mass is 10.1. The Morgan fingerprint density at radius 1 is 1.03 bits per heavy atom. The van der Waals surface area contributed by atoms with Crippen LogP contribution < -0.4 is 20.3 Å². The third kappa shape index (κ3) is 6.88. The van der Waals surface area contributed by atoms with Gasteiger partial charge in [-0.25, -0.2) is 9.97 Å². The number of rotatable bonds is 9. The van der Waals surface area contributed by atoms with Gasteiger partial charge in [0.15, 0.2) is 5.96 Å². The van der Waals surface area contributed by atoms with Crippen LogP contribution in [0, 0.1) is 0 Å². The van der Waals surface area contributed by atoms with Crippen LogP contribution in [-0.2, 0) is 6.42 Å². The SMILES string of the molecule is CN=C(NCCCN1CCN(c2ncccn2)CC1)NCCc1ccc(OC)cc1. The summed E-state index contributed by atoms with van der Waals surface area (Å²) >= 11 is 0. The van der Waals surface area contributed by atoms with Gasteiger partial charge in [-0.05, 0) is 43.1 Å². The zero-order valence-electron chi connectivity index (χ0n) is 18.0. The van der Waals surface area contributed by atoms with Gasteiger partial charge in [0.25, 0.3) is 0 Å². The first-order chi connectivity index (χ1) is 14.8. The van der Waals surface area contributed by atoms with Crippen LogP contribution in [0.4, 0.5) is 5.95 Å². The molecule has 0 saturated carbocycles. The van der Waals surface area contributed by atoms with Crippen LogP contribution >= 0.6 is 0 Å². The van der Waals surface area contributed by atoms with Crippen LogP contribution in [0.1, 0.15) is 12.0 Å². The molecule has 1 aliphatic rings. The Bertz CT molecular complexity index is 759. The summed E-state index contributed by atoms with van der Waals surface area (Å²) in [6, 6.07) is 10.0. The minimum atomic E-state index is 0.836. The molecule has 2 heterocycles. The van der Waals surface area contributed by atoms with E-state index >= 15 is 0 Å². The fraction of sp³-hybridized carbons (Fsp3) is 0.500. The lowest BCUT2D eigenvalue weighted by Gasteiger charge is -2.34. The van der Waals surface area contributed by atoms with E-state index in [9.17, 15) is 0 Å². The maximum Gasteiger partial charge on any atom is 0.225 e. The molecule has 0 atom stereocenters. The summed E-state index contributed by atoms with van der Waals surface area (Å²) in [5.41, 5.74) is 1.28. The number of benzene rings is 1. The summed E-state index contributed by atoms with van der Waals surface area (Å²) in [4.78, 5) is 17.8. The van der Waals surface area contributed by atoms with Crippen LogP contribution in [0.25, 0.3) is 0 Å². The van der Waals surface area contributed by atoms with Gasteiger partial charge in [-0.15, -0.1) is 0 Å². The summed E-state index contributed by atoms with van der Waals surface area (Å²) in [6.07, 6.45) is 5.64. The zero-order valence-corrected chi connectivity index (χ0v) is 18.0. The molecule has 8 heteroatoms. The Labute approximate surface area is 179 Å². The molecular weight excluding hydrogens is 378 g/mol. The number of nitrogens with one attached hydrogen (secondary N) is 2. The number of ether oxygens (including phenoxy) is 1. The first-order valence-corrected chi connectivity index (χ1v) is 10.6. The Morgan fingerprint density at radius 3 is 2.40 bits per heavy atom. The van der Waals surface area contributed by atoms with Crippen molar-refractivity contribution in [2.24, 2.45) is 4.99 Å². The summed E-state index contributed by atoms with van der Waals surface area (Å²) in [7, 11) is 3.50. The van der Waals surface area contributed by atoms with Gasteiger partial charge in [0.05, 0.1) is 7.11 Å². The summed E-state index contributed by atoms with van der Waals surface area (Å²) in [5, 5.41) is 6.79. The normalized spacial score (nSPS) is 15.1. The van der Waals surface area contributed by atoms with Gasteiger partial charge in [-0.1, -0.05) is 12.1 Å². The highest BCUT2D eigenvalue weighted by Crippen LogP contribution is 2.11. The van der Waals surface area contributed by atoms with E-state index in [1.807, 2.05) is 25.2 Å². The number of piperazine rings is 1. The minimum Gasteiger partial charge on any atom is -0.497 e. The Balaban J connectivity index is 1.27. The molecule has 1 aliphatic heterocycles. The topological polar surface area (TPSA) is 77.9 Å². The van der Waals surface area contributed by atoms with Gasteiger partial charge in [-0.3, -0.25) is 9.89 Å². The number of aromatic nitrogens is 2. The fourth-order valence-electron chi connectivity index (χ4n) is 3.47. The molecule has 1 saturated heterocycles. The lowest BCUT2D eigenvalue weighted by molar-refractivity contribution is 0.254. The number of nitrogens with zero attached hydrogens (tertiary/aromatic N) is 5. The number of guanidine groups is 1. The fourth-order valence-corrected chi connectivity index (χ4v) is 3.47. The molecule has 2 aromatic rings. The van der Waals surface area contributed by atoms with Gasteiger partial charge in [-0.2, -0.15) is 0 Å². The Morgan fingerprint density at radius 2 is 1.73 bits per heavy atom. The van der Waals surface area contributed by atoms with Gasteiger partial charge >= 0.3 is 0 Å². The first-order valence-electron chi connectivity index (χ1n) is 10.6. The number of hydrogen-bond acceptors (Lipinski definition) is 6. The van der Waals surface area contributed by atoms with Crippen molar-refractivity contribution in [2.75, 3.05) is 64.9 Å². The van der Waals surface area contributed by atoms with Crippen molar-refractivity contribution in [2.45, 2.75) is 12.8 Å². The molecule has 162 valence electrons. The molecule has 0 amide bonds. The Kier molecular flexibility index (Phi) is 8.71. The molecule has 1 fully saturated rings. The van der Waals surface area contributed by atoms with Gasteiger partial charge in [0.1, 0.15) is 5.75 Å². The van der Waals surface area contributed by atoms with E-state index in [0.29, 0.717) is 0 Å². The summed E-state index contributed by atoms with van der Waals surface area (Å²) in [5.74, 6) is 2.58. The van der Waals surface area contributed by atoms with Crippen LogP contribution in [0.5, 0.6) is 5.75 Å². The molecule has 30 heavy (non-hydrogen) atoms. The summed E-state index contributed by atoms with van der Waals surface area (Å²) in [6.45, 7) is 6.89. The first kappa shape index (κ1) is 21.8. The number of hydrogen-bond donors (Lipinski definition) is 2. The van der Waals surface area contributed by atoms with Crippen molar-refractivity contribution >= 4 is 11.9 Å². The van der Waals surface area contributed by atoms with Crippen molar-refractivity contribution in [1.29, 1.82) is 0 Å². The average molecular weight is 412 g/mol. The number of anilines is 1. The van der Waals surface area contributed by atoms with E-state index < -0.39 is 0 Å². The minimum absolute atomic E-state index is 0.836. The second-order valence-corrected chi connectivity index (χ2v) is 7.25. The quantitative estimate of drug-likeness (QED) is 0.367. The maximum absolute atomic E-state index is 5.20. The highest BCUT2D eigenvalue weighted by Gasteiger charge is 2.18.